The van der Waals surface area contributed by atoms with Gasteiger partial charge in [0.2, 0.25) is 0 Å². The highest BCUT2D eigenvalue weighted by Gasteiger charge is 2.39. The summed E-state index contributed by atoms with van der Waals surface area (Å²) >= 11 is 0. The molecule has 0 fully saturated rings. The molecule has 3 rings (SSSR count). The van der Waals surface area contributed by atoms with Crippen molar-refractivity contribution in [3.63, 3.8) is 0 Å². The highest BCUT2D eigenvalue weighted by Crippen LogP contribution is 2.45. The van der Waals surface area contributed by atoms with Crippen molar-refractivity contribution in [2.75, 3.05) is 0 Å². The smallest absolute Gasteiger partial charge is 0.446 e. The lowest BCUT2D eigenvalue weighted by atomic mass is 9.94. The monoisotopic (exact) mass is 690 g/mol. The van der Waals surface area contributed by atoms with E-state index in [1.54, 1.807) is 0 Å². The predicted octanol–water partition coefficient (Wildman–Crippen LogP) is -0.723. The van der Waals surface area contributed by atoms with Crippen molar-refractivity contribution >= 4 is 52.0 Å². The maximum atomic E-state index is 11.5. The van der Waals surface area contributed by atoms with Crippen LogP contribution in [0.1, 0.15) is 17.2 Å². The molecular formula is C15H14O21S5. The fourth-order valence-electron chi connectivity index (χ4n) is 3.37. The van der Waals surface area contributed by atoms with Crippen molar-refractivity contribution in [1.82, 2.24) is 0 Å². The molecule has 2 atom stereocenters. The first-order chi connectivity index (χ1) is 18.4. The lowest BCUT2D eigenvalue weighted by Crippen LogP contribution is -2.35. The number of benzene rings is 2. The van der Waals surface area contributed by atoms with E-state index in [-0.39, 0.29) is 0 Å². The van der Waals surface area contributed by atoms with Crippen LogP contribution in [0.5, 0.6) is 28.7 Å². The van der Waals surface area contributed by atoms with Crippen LogP contribution in [-0.2, 0) is 62.6 Å². The van der Waals surface area contributed by atoms with Gasteiger partial charge in [0.15, 0.2) is 29.1 Å². The van der Waals surface area contributed by atoms with Gasteiger partial charge in [-0.3, -0.25) is 22.8 Å². The second-order valence-corrected chi connectivity index (χ2v) is 12.6. The molecule has 0 unspecified atom stereocenters. The van der Waals surface area contributed by atoms with Crippen LogP contribution in [0.25, 0.3) is 0 Å². The van der Waals surface area contributed by atoms with Gasteiger partial charge >= 0.3 is 52.0 Å². The van der Waals surface area contributed by atoms with Gasteiger partial charge in [-0.25, -0.2) is 4.18 Å². The zero-order chi connectivity index (χ0) is 31.2. The molecule has 0 radical (unpaired) electrons. The summed E-state index contributed by atoms with van der Waals surface area (Å²) in [6.45, 7) is 0. The molecule has 230 valence electrons. The minimum atomic E-state index is -5.40. The Hall–Kier alpha value is -3.05. The van der Waals surface area contributed by atoms with E-state index in [2.05, 4.69) is 20.9 Å². The summed E-state index contributed by atoms with van der Waals surface area (Å²) < 4.78 is 185. The Bertz CT molecular complexity index is 1890. The first-order valence-corrected chi connectivity index (χ1v) is 16.5. The number of rotatable bonds is 11. The molecule has 2 aromatic carbocycles. The Balaban J connectivity index is 2.23. The van der Waals surface area contributed by atoms with E-state index in [0.717, 1.165) is 6.07 Å². The summed E-state index contributed by atoms with van der Waals surface area (Å²) in [5.41, 5.74) is -0.875. The van der Waals surface area contributed by atoms with Gasteiger partial charge < -0.3 is 21.5 Å². The lowest BCUT2D eigenvalue weighted by Gasteiger charge is -2.33. The first-order valence-electron chi connectivity index (χ1n) is 9.68. The fourth-order valence-corrected chi connectivity index (χ4v) is 5.28. The number of ether oxygens (including phenoxy) is 1. The van der Waals surface area contributed by atoms with E-state index in [1.165, 1.54) is 0 Å². The molecule has 1 aliphatic heterocycles. The quantitative estimate of drug-likeness (QED) is 0.181. The molecule has 2 aromatic rings. The van der Waals surface area contributed by atoms with Crippen molar-refractivity contribution in [1.29, 1.82) is 0 Å². The van der Waals surface area contributed by atoms with Gasteiger partial charge in [-0.2, -0.15) is 42.1 Å². The molecule has 0 spiro atoms. The largest absolute Gasteiger partial charge is 0.482 e. The van der Waals surface area contributed by atoms with Gasteiger partial charge in [0.1, 0.15) is 11.9 Å². The Kier molecular flexibility index (Phi) is 8.69. The van der Waals surface area contributed by atoms with Crippen LogP contribution in [0, 0.1) is 0 Å². The third kappa shape index (κ3) is 10.1. The minimum absolute atomic E-state index is 0.413. The van der Waals surface area contributed by atoms with E-state index in [9.17, 15) is 46.6 Å². The van der Waals surface area contributed by atoms with E-state index in [0.29, 0.717) is 24.3 Å². The van der Waals surface area contributed by atoms with E-state index < -0.39 is 110 Å². The van der Waals surface area contributed by atoms with Crippen molar-refractivity contribution in [3.8, 4) is 28.7 Å². The number of fused-ring (bicyclic) bond motifs is 1. The second-order valence-electron chi connectivity index (χ2n) is 7.45. The van der Waals surface area contributed by atoms with Crippen molar-refractivity contribution < 1.29 is 90.5 Å². The molecule has 5 N–H and O–H groups in total. The summed E-state index contributed by atoms with van der Waals surface area (Å²) in [5.74, 6) is -4.60. The molecule has 0 aromatic heterocycles. The van der Waals surface area contributed by atoms with E-state index in [1.807, 2.05) is 0 Å². The average Bonchev–Trinajstić information content (AvgIpc) is 2.69. The van der Waals surface area contributed by atoms with Gasteiger partial charge in [0.05, 0.1) is 0 Å². The van der Waals surface area contributed by atoms with Crippen LogP contribution in [0.15, 0.2) is 30.3 Å². The van der Waals surface area contributed by atoms with Gasteiger partial charge in [-0.05, 0) is 17.7 Å². The molecule has 0 bridgehead atoms. The number of hydrogen-bond acceptors (Lipinski definition) is 16. The molecular weight excluding hydrogens is 676 g/mol. The SMILES string of the molecule is O=S(=O)(O)Oc1cc2c(c(OS(=O)(=O)O)c1)C[C@H](OS(=O)(=O)O)[C@@H](c1ccc(OS(=O)(=O)O)c(OS(=O)(=O)O)c1)O2. The van der Waals surface area contributed by atoms with Crippen LogP contribution in [0.4, 0.5) is 0 Å². The zero-order valence-electron chi connectivity index (χ0n) is 19.1. The van der Waals surface area contributed by atoms with Gasteiger partial charge in [0.25, 0.3) is 0 Å². The molecule has 41 heavy (non-hydrogen) atoms. The summed E-state index contributed by atoms with van der Waals surface area (Å²) in [6.07, 6.45) is -4.58. The third-order valence-electron chi connectivity index (χ3n) is 4.47. The topological polar surface area (TPSA) is 327 Å². The molecule has 26 heteroatoms. The number of hydrogen-bond donors (Lipinski definition) is 5. The van der Waals surface area contributed by atoms with Crippen molar-refractivity contribution in [2.45, 2.75) is 18.6 Å². The molecule has 1 aliphatic rings. The Labute approximate surface area is 230 Å². The standard InChI is InChI=1S/C15H14O21S5/c16-37(17,18)32-8-4-11-9(12(5-8)34-39(22,23)24)6-14(36-41(28,29)30)15(31-11)7-1-2-10(33-38(19,20)21)13(3-7)35-40(25,26)27/h1-5,14-15H,6H2,(H,16,17,18)(H,19,20,21)(H,22,23,24)(H,25,26,27)(H,28,29,30)/t14-,15+/m0/s1. The second kappa shape index (κ2) is 11.0. The van der Waals surface area contributed by atoms with Crippen LogP contribution in [-0.4, -0.2) is 71.0 Å². The van der Waals surface area contributed by atoms with Crippen LogP contribution >= 0.6 is 0 Å². The predicted molar refractivity (Wildman–Crippen MR) is 125 cm³/mol. The van der Waals surface area contributed by atoms with Gasteiger partial charge in [-0.1, -0.05) is 6.07 Å². The normalized spacial score (nSPS) is 18.1. The average molecular weight is 691 g/mol. The van der Waals surface area contributed by atoms with E-state index in [4.69, 9.17) is 22.9 Å². The summed E-state index contributed by atoms with van der Waals surface area (Å²) in [7, 11) is -26.6. The molecule has 1 heterocycles. The highest BCUT2D eigenvalue weighted by molar-refractivity contribution is 7.82. The maximum Gasteiger partial charge on any atom is 0.446 e. The molecule has 0 saturated heterocycles. The van der Waals surface area contributed by atoms with Crippen molar-refractivity contribution in [3.05, 3.63) is 41.5 Å². The van der Waals surface area contributed by atoms with E-state index >= 15 is 0 Å². The molecule has 0 amide bonds. The van der Waals surface area contributed by atoms with Gasteiger partial charge in [0, 0.05) is 24.1 Å². The summed E-state index contributed by atoms with van der Waals surface area (Å²) in [5, 5.41) is 0. The fraction of sp³-hybridized carbons (Fsp3) is 0.200. The van der Waals surface area contributed by atoms with Gasteiger partial charge in [-0.15, -0.1) is 0 Å². The lowest BCUT2D eigenvalue weighted by molar-refractivity contribution is 0.0337. The maximum absolute atomic E-state index is 11.5. The third-order valence-corrected chi connectivity index (χ3v) is 6.53. The Morgan fingerprint density at radius 2 is 1.12 bits per heavy atom. The van der Waals surface area contributed by atoms with Crippen LogP contribution in [0.2, 0.25) is 0 Å². The Morgan fingerprint density at radius 3 is 1.63 bits per heavy atom. The molecule has 0 saturated carbocycles. The van der Waals surface area contributed by atoms with Crippen molar-refractivity contribution in [2.24, 2.45) is 0 Å². The minimum Gasteiger partial charge on any atom is -0.482 e. The van der Waals surface area contributed by atoms with Crippen LogP contribution < -0.4 is 21.5 Å². The zero-order valence-corrected chi connectivity index (χ0v) is 23.1. The molecule has 21 nitrogen and oxygen atoms in total. The Morgan fingerprint density at radius 1 is 0.610 bits per heavy atom. The summed E-state index contributed by atoms with van der Waals surface area (Å²) in [6, 6.07) is 3.24. The van der Waals surface area contributed by atoms with Crippen LogP contribution in [0.3, 0.4) is 0 Å². The first kappa shape index (κ1) is 32.5. The molecule has 0 aliphatic carbocycles. The highest BCUT2D eigenvalue weighted by atomic mass is 32.3. The summed E-state index contributed by atoms with van der Waals surface area (Å²) in [4.78, 5) is 0.